The van der Waals surface area contributed by atoms with Crippen molar-refractivity contribution in [1.29, 1.82) is 0 Å². The summed E-state index contributed by atoms with van der Waals surface area (Å²) in [6, 6.07) is 15.6. The van der Waals surface area contributed by atoms with Crippen molar-refractivity contribution >= 4 is 23.5 Å². The molecule has 2 aromatic rings. The topological polar surface area (TPSA) is 53.2 Å². The lowest BCUT2D eigenvalue weighted by Gasteiger charge is -2.18. The number of fused-ring (bicyclic) bond motifs is 1. The number of nitrogens with one attached hydrogen (secondary N) is 3. The van der Waals surface area contributed by atoms with E-state index >= 15 is 0 Å². The third-order valence-electron chi connectivity index (χ3n) is 3.07. The zero-order valence-electron chi connectivity index (χ0n) is 10.8. The standard InChI is InChI=1S/C15H15N3OS/c19-15(16-9-11-4-2-1-3-5-11)12-6-7-13-14(8-12)20-18-10-17-13/h1-8,17-18H,9-10H2,(H,16,19). The summed E-state index contributed by atoms with van der Waals surface area (Å²) in [7, 11) is 0. The molecule has 20 heavy (non-hydrogen) atoms. The van der Waals surface area contributed by atoms with Gasteiger partial charge in [-0.2, -0.15) is 0 Å². The lowest BCUT2D eigenvalue weighted by molar-refractivity contribution is 0.0950. The van der Waals surface area contributed by atoms with Crippen LogP contribution in [0.1, 0.15) is 15.9 Å². The molecule has 3 N–H and O–H groups in total. The Bertz CT molecular complexity index is 616. The molecule has 1 heterocycles. The van der Waals surface area contributed by atoms with Crippen LogP contribution in [0, 0.1) is 0 Å². The predicted molar refractivity (Wildman–Crippen MR) is 81.5 cm³/mol. The summed E-state index contributed by atoms with van der Waals surface area (Å²) in [6.45, 7) is 1.28. The molecule has 0 fully saturated rings. The largest absolute Gasteiger partial charge is 0.371 e. The normalized spacial score (nSPS) is 13.2. The molecular weight excluding hydrogens is 270 g/mol. The molecule has 0 saturated heterocycles. The van der Waals surface area contributed by atoms with Crippen molar-refractivity contribution in [1.82, 2.24) is 10.0 Å². The second kappa shape index (κ2) is 5.98. The highest BCUT2D eigenvalue weighted by Crippen LogP contribution is 2.28. The van der Waals surface area contributed by atoms with Crippen LogP contribution in [0.4, 0.5) is 5.69 Å². The monoisotopic (exact) mass is 285 g/mol. The maximum atomic E-state index is 12.1. The molecule has 0 atom stereocenters. The van der Waals surface area contributed by atoms with Gasteiger partial charge in [-0.1, -0.05) is 30.3 Å². The van der Waals surface area contributed by atoms with E-state index in [9.17, 15) is 4.79 Å². The van der Waals surface area contributed by atoms with E-state index in [2.05, 4.69) is 15.4 Å². The van der Waals surface area contributed by atoms with Crippen molar-refractivity contribution in [3.63, 3.8) is 0 Å². The van der Waals surface area contributed by atoms with E-state index in [-0.39, 0.29) is 5.91 Å². The van der Waals surface area contributed by atoms with Crippen molar-refractivity contribution in [3.8, 4) is 0 Å². The number of rotatable bonds is 3. The van der Waals surface area contributed by atoms with E-state index in [4.69, 9.17) is 0 Å². The van der Waals surface area contributed by atoms with Crippen molar-refractivity contribution in [2.24, 2.45) is 0 Å². The molecule has 0 saturated carbocycles. The maximum Gasteiger partial charge on any atom is 0.251 e. The van der Waals surface area contributed by atoms with Crippen LogP contribution >= 0.6 is 11.9 Å². The van der Waals surface area contributed by atoms with Gasteiger partial charge in [0.25, 0.3) is 5.91 Å². The Morgan fingerprint density at radius 2 is 2.05 bits per heavy atom. The molecule has 4 nitrogen and oxygen atoms in total. The summed E-state index contributed by atoms with van der Waals surface area (Å²) in [6.07, 6.45) is 0. The molecule has 0 radical (unpaired) electrons. The van der Waals surface area contributed by atoms with Crippen LogP contribution in [0.25, 0.3) is 0 Å². The lowest BCUT2D eigenvalue weighted by Crippen LogP contribution is -2.24. The third kappa shape index (κ3) is 2.95. The van der Waals surface area contributed by atoms with E-state index in [0.29, 0.717) is 12.1 Å². The van der Waals surface area contributed by atoms with Crippen LogP contribution in [0.5, 0.6) is 0 Å². The number of benzene rings is 2. The first kappa shape index (κ1) is 13.0. The van der Waals surface area contributed by atoms with Crippen LogP contribution in [0.2, 0.25) is 0 Å². The highest BCUT2D eigenvalue weighted by molar-refractivity contribution is 7.97. The minimum absolute atomic E-state index is 0.0529. The van der Waals surface area contributed by atoms with E-state index < -0.39 is 0 Å². The minimum Gasteiger partial charge on any atom is -0.371 e. The molecule has 5 heteroatoms. The maximum absolute atomic E-state index is 12.1. The average molecular weight is 285 g/mol. The summed E-state index contributed by atoms with van der Waals surface area (Å²) in [4.78, 5) is 13.2. The molecule has 0 aliphatic carbocycles. The number of carbonyl (C=O) groups excluding carboxylic acids is 1. The van der Waals surface area contributed by atoms with Crippen LogP contribution in [-0.2, 0) is 6.54 Å². The summed E-state index contributed by atoms with van der Waals surface area (Å²) >= 11 is 1.54. The van der Waals surface area contributed by atoms with Gasteiger partial charge in [0.15, 0.2) is 0 Å². The van der Waals surface area contributed by atoms with Crippen LogP contribution < -0.4 is 15.4 Å². The van der Waals surface area contributed by atoms with E-state index in [0.717, 1.165) is 22.8 Å². The van der Waals surface area contributed by atoms with E-state index in [1.807, 2.05) is 48.5 Å². The Labute approximate surface area is 122 Å². The van der Waals surface area contributed by atoms with Crippen molar-refractivity contribution in [2.45, 2.75) is 11.4 Å². The second-order valence-electron chi connectivity index (χ2n) is 4.48. The van der Waals surface area contributed by atoms with Gasteiger partial charge < -0.3 is 10.6 Å². The summed E-state index contributed by atoms with van der Waals surface area (Å²) in [5.74, 6) is -0.0529. The molecule has 0 unspecified atom stereocenters. The molecule has 2 aromatic carbocycles. The Morgan fingerprint density at radius 1 is 1.20 bits per heavy atom. The highest BCUT2D eigenvalue weighted by Gasteiger charge is 2.12. The number of hydrogen-bond donors (Lipinski definition) is 3. The number of carbonyl (C=O) groups is 1. The molecular formula is C15H15N3OS. The molecule has 3 rings (SSSR count). The number of anilines is 1. The Hall–Kier alpha value is -1.98. The zero-order chi connectivity index (χ0) is 13.8. The fourth-order valence-corrected chi connectivity index (χ4v) is 2.76. The number of hydrogen-bond acceptors (Lipinski definition) is 4. The minimum atomic E-state index is -0.0529. The molecule has 102 valence electrons. The fraction of sp³-hybridized carbons (Fsp3) is 0.133. The zero-order valence-corrected chi connectivity index (χ0v) is 11.7. The van der Waals surface area contributed by atoms with Gasteiger partial charge in [-0.3, -0.25) is 4.79 Å². The van der Waals surface area contributed by atoms with Gasteiger partial charge in [-0.05, 0) is 35.7 Å². The van der Waals surface area contributed by atoms with Crippen molar-refractivity contribution in [2.75, 3.05) is 12.0 Å². The van der Waals surface area contributed by atoms with Gasteiger partial charge in [-0.15, -0.1) is 0 Å². The number of amides is 1. The predicted octanol–water partition coefficient (Wildman–Crippen LogP) is 2.60. The summed E-state index contributed by atoms with van der Waals surface area (Å²) in [5.41, 5.74) is 2.84. The SMILES string of the molecule is O=C(NCc1ccccc1)c1ccc2c(c1)SNCN2. The molecule has 0 aromatic heterocycles. The molecule has 0 bridgehead atoms. The van der Waals surface area contributed by atoms with E-state index in [1.165, 1.54) is 0 Å². The van der Waals surface area contributed by atoms with Crippen LogP contribution in [-0.4, -0.2) is 12.6 Å². The summed E-state index contributed by atoms with van der Waals surface area (Å²) in [5, 5.41) is 6.16. The smallest absolute Gasteiger partial charge is 0.251 e. The van der Waals surface area contributed by atoms with E-state index in [1.54, 1.807) is 11.9 Å². The lowest BCUT2D eigenvalue weighted by atomic mass is 10.1. The first-order chi connectivity index (χ1) is 9.83. The Morgan fingerprint density at radius 3 is 2.90 bits per heavy atom. The van der Waals surface area contributed by atoms with Crippen LogP contribution in [0.15, 0.2) is 53.4 Å². The average Bonchev–Trinajstić information content (AvgIpc) is 2.53. The van der Waals surface area contributed by atoms with Crippen molar-refractivity contribution < 1.29 is 4.79 Å². The summed E-state index contributed by atoms with van der Waals surface area (Å²) < 4.78 is 3.14. The molecule has 1 aliphatic rings. The highest BCUT2D eigenvalue weighted by atomic mass is 32.2. The third-order valence-corrected chi connectivity index (χ3v) is 3.92. The van der Waals surface area contributed by atoms with Gasteiger partial charge in [-0.25, -0.2) is 4.72 Å². The van der Waals surface area contributed by atoms with Gasteiger partial charge >= 0.3 is 0 Å². The molecule has 1 amide bonds. The quantitative estimate of drug-likeness (QED) is 0.759. The molecule has 0 spiro atoms. The van der Waals surface area contributed by atoms with Gasteiger partial charge in [0, 0.05) is 17.0 Å². The first-order valence-electron chi connectivity index (χ1n) is 6.43. The Balaban J connectivity index is 1.68. The Kier molecular flexibility index (Phi) is 3.90. The fourth-order valence-electron chi connectivity index (χ4n) is 2.02. The second-order valence-corrected chi connectivity index (χ2v) is 5.41. The van der Waals surface area contributed by atoms with Gasteiger partial charge in [0.2, 0.25) is 0 Å². The van der Waals surface area contributed by atoms with Crippen LogP contribution in [0.3, 0.4) is 0 Å². The van der Waals surface area contributed by atoms with Crippen molar-refractivity contribution in [3.05, 3.63) is 59.7 Å². The van der Waals surface area contributed by atoms with Gasteiger partial charge in [0.05, 0.1) is 12.4 Å². The molecule has 1 aliphatic heterocycles. The first-order valence-corrected chi connectivity index (χ1v) is 7.24. The van der Waals surface area contributed by atoms with Gasteiger partial charge in [0.1, 0.15) is 0 Å².